The minimum atomic E-state index is -0.605. The van der Waals surface area contributed by atoms with E-state index in [1.54, 1.807) is 0 Å². The third-order valence-electron chi connectivity index (χ3n) is 4.86. The molecule has 0 unspecified atom stereocenters. The number of thioether (sulfide) groups is 1. The molecule has 1 aromatic heterocycles. The molecule has 2 atom stereocenters. The molecule has 2 saturated carbocycles. The molecule has 8 heteroatoms. The molecule has 1 amide bonds. The predicted molar refractivity (Wildman–Crippen MR) is 94.4 cm³/mol. The molecule has 3 rings (SSSR count). The first kappa shape index (κ1) is 18.2. The molecule has 138 valence electrons. The van der Waals surface area contributed by atoms with Gasteiger partial charge < -0.3 is 14.6 Å². The Labute approximate surface area is 152 Å². The Morgan fingerprint density at radius 1 is 1.32 bits per heavy atom. The van der Waals surface area contributed by atoms with Crippen LogP contribution in [-0.4, -0.2) is 45.5 Å². The van der Waals surface area contributed by atoms with Crippen LogP contribution in [0.3, 0.4) is 0 Å². The van der Waals surface area contributed by atoms with Gasteiger partial charge in [0.05, 0.1) is 12.9 Å². The number of methoxy groups -OCH3 is 1. The van der Waals surface area contributed by atoms with Crippen LogP contribution in [-0.2, 0) is 14.3 Å². The molecule has 0 aliphatic heterocycles. The van der Waals surface area contributed by atoms with Gasteiger partial charge in [0.1, 0.15) is 11.9 Å². The van der Waals surface area contributed by atoms with Gasteiger partial charge in [0.15, 0.2) is 5.16 Å². The summed E-state index contributed by atoms with van der Waals surface area (Å²) < 4.78 is 7.03. The summed E-state index contributed by atoms with van der Waals surface area (Å²) in [5.41, 5.74) is 0. The number of nitrogens with zero attached hydrogens (tertiary/aromatic N) is 3. The standard InChI is InChI=1S/C17H26N4O3S/c1-4-10(2)14(16(23)24-3)18-13(22)9-25-17-20-19-15(11-5-6-11)21(17)12-7-8-12/h10-12,14H,4-9H2,1-3H3,(H,18,22)/t10-,14+/m0/s1. The van der Waals surface area contributed by atoms with Gasteiger partial charge in [0.2, 0.25) is 5.91 Å². The zero-order chi connectivity index (χ0) is 18.0. The monoisotopic (exact) mass is 366 g/mol. The Morgan fingerprint density at radius 2 is 2.04 bits per heavy atom. The fourth-order valence-electron chi connectivity index (χ4n) is 2.82. The fraction of sp³-hybridized carbons (Fsp3) is 0.765. The third kappa shape index (κ3) is 4.34. The van der Waals surface area contributed by atoms with Gasteiger partial charge in [0.25, 0.3) is 0 Å². The summed E-state index contributed by atoms with van der Waals surface area (Å²) in [6.45, 7) is 3.92. The summed E-state index contributed by atoms with van der Waals surface area (Å²) in [4.78, 5) is 24.2. The quantitative estimate of drug-likeness (QED) is 0.533. The van der Waals surface area contributed by atoms with Crippen LogP contribution in [0.25, 0.3) is 0 Å². The first-order chi connectivity index (χ1) is 12.0. The normalized spacial score (nSPS) is 19.3. The number of ether oxygens (including phenoxy) is 1. The van der Waals surface area contributed by atoms with E-state index < -0.39 is 12.0 Å². The van der Waals surface area contributed by atoms with Crippen molar-refractivity contribution in [2.75, 3.05) is 12.9 Å². The van der Waals surface area contributed by atoms with Crippen molar-refractivity contribution < 1.29 is 14.3 Å². The average molecular weight is 366 g/mol. The maximum absolute atomic E-state index is 12.3. The zero-order valence-electron chi connectivity index (χ0n) is 15.0. The maximum Gasteiger partial charge on any atom is 0.328 e. The van der Waals surface area contributed by atoms with Crippen LogP contribution in [0.1, 0.15) is 63.7 Å². The van der Waals surface area contributed by atoms with E-state index in [4.69, 9.17) is 4.74 Å². The summed E-state index contributed by atoms with van der Waals surface area (Å²) >= 11 is 1.40. The summed E-state index contributed by atoms with van der Waals surface area (Å²) in [5.74, 6) is 1.30. The molecule has 2 aliphatic rings. The van der Waals surface area contributed by atoms with E-state index in [0.717, 1.165) is 30.2 Å². The van der Waals surface area contributed by atoms with E-state index in [1.165, 1.54) is 31.7 Å². The highest BCUT2D eigenvalue weighted by Crippen LogP contribution is 2.45. The van der Waals surface area contributed by atoms with Crippen LogP contribution >= 0.6 is 11.8 Å². The number of hydrogen-bond acceptors (Lipinski definition) is 6. The molecule has 2 aliphatic carbocycles. The minimum absolute atomic E-state index is 0.0259. The molecule has 0 bridgehead atoms. The number of amides is 1. The van der Waals surface area contributed by atoms with E-state index in [2.05, 4.69) is 20.1 Å². The second kappa shape index (κ2) is 7.76. The molecule has 0 spiro atoms. The van der Waals surface area contributed by atoms with Crippen molar-refractivity contribution in [3.63, 3.8) is 0 Å². The Kier molecular flexibility index (Phi) is 5.66. The van der Waals surface area contributed by atoms with Crippen LogP contribution in [0.15, 0.2) is 5.16 Å². The van der Waals surface area contributed by atoms with Crippen molar-refractivity contribution in [2.24, 2.45) is 5.92 Å². The number of carbonyl (C=O) groups is 2. The van der Waals surface area contributed by atoms with Gasteiger partial charge in [-0.25, -0.2) is 4.79 Å². The first-order valence-corrected chi connectivity index (χ1v) is 9.98. The van der Waals surface area contributed by atoms with Crippen molar-refractivity contribution in [1.82, 2.24) is 20.1 Å². The van der Waals surface area contributed by atoms with Crippen molar-refractivity contribution in [1.29, 1.82) is 0 Å². The minimum Gasteiger partial charge on any atom is -0.467 e. The first-order valence-electron chi connectivity index (χ1n) is 8.99. The molecule has 0 radical (unpaired) electrons. The molecule has 2 fully saturated rings. The second-order valence-electron chi connectivity index (χ2n) is 6.96. The lowest BCUT2D eigenvalue weighted by atomic mass is 9.99. The Bertz CT molecular complexity index is 640. The van der Waals surface area contributed by atoms with Crippen molar-refractivity contribution in [2.45, 2.75) is 69.1 Å². The summed E-state index contributed by atoms with van der Waals surface area (Å²) in [5, 5.41) is 12.3. The lowest BCUT2D eigenvalue weighted by Gasteiger charge is -2.21. The molecular weight excluding hydrogens is 340 g/mol. The van der Waals surface area contributed by atoms with Gasteiger partial charge in [-0.15, -0.1) is 10.2 Å². The lowest BCUT2D eigenvalue weighted by molar-refractivity contribution is -0.146. The predicted octanol–water partition coefficient (Wildman–Crippen LogP) is 2.29. The van der Waals surface area contributed by atoms with Gasteiger partial charge in [0, 0.05) is 12.0 Å². The summed E-state index contributed by atoms with van der Waals surface area (Å²) in [6, 6.07) is -0.106. The molecule has 0 aromatic carbocycles. The zero-order valence-corrected chi connectivity index (χ0v) is 15.8. The topological polar surface area (TPSA) is 86.1 Å². The van der Waals surface area contributed by atoms with Gasteiger partial charge in [-0.1, -0.05) is 32.0 Å². The van der Waals surface area contributed by atoms with Crippen LogP contribution < -0.4 is 5.32 Å². The smallest absolute Gasteiger partial charge is 0.328 e. The van der Waals surface area contributed by atoms with Gasteiger partial charge in [-0.2, -0.15) is 0 Å². The molecule has 1 heterocycles. The van der Waals surface area contributed by atoms with Gasteiger partial charge in [-0.05, 0) is 31.6 Å². The van der Waals surface area contributed by atoms with E-state index in [-0.39, 0.29) is 17.6 Å². The molecule has 7 nitrogen and oxygen atoms in total. The average Bonchev–Trinajstić information content (AvgIpc) is 3.55. The molecular formula is C17H26N4O3S. The largest absolute Gasteiger partial charge is 0.467 e. The highest BCUT2D eigenvalue weighted by atomic mass is 32.2. The van der Waals surface area contributed by atoms with E-state index in [9.17, 15) is 9.59 Å². The lowest BCUT2D eigenvalue weighted by Crippen LogP contribution is -2.46. The number of nitrogens with one attached hydrogen (secondary N) is 1. The molecule has 25 heavy (non-hydrogen) atoms. The third-order valence-corrected chi connectivity index (χ3v) is 5.81. The number of esters is 1. The Balaban J connectivity index is 1.59. The molecule has 1 N–H and O–H groups in total. The SMILES string of the molecule is CC[C@H](C)[C@@H](NC(=O)CSc1nnc(C2CC2)n1C1CC1)C(=O)OC. The highest BCUT2D eigenvalue weighted by molar-refractivity contribution is 7.99. The van der Waals surface area contributed by atoms with Crippen LogP contribution in [0, 0.1) is 5.92 Å². The number of rotatable bonds is 9. The Hall–Kier alpha value is -1.57. The van der Waals surface area contributed by atoms with Gasteiger partial charge in [-0.3, -0.25) is 4.79 Å². The maximum atomic E-state index is 12.3. The fourth-order valence-corrected chi connectivity index (χ4v) is 3.65. The number of hydrogen-bond donors (Lipinski definition) is 1. The van der Waals surface area contributed by atoms with Crippen LogP contribution in [0.2, 0.25) is 0 Å². The molecule has 1 aromatic rings. The summed E-state index contributed by atoms with van der Waals surface area (Å²) in [6.07, 6.45) is 5.48. The van der Waals surface area contributed by atoms with Crippen molar-refractivity contribution >= 4 is 23.6 Å². The van der Waals surface area contributed by atoms with Crippen molar-refractivity contribution in [3.8, 4) is 0 Å². The van der Waals surface area contributed by atoms with Crippen molar-refractivity contribution in [3.05, 3.63) is 5.82 Å². The molecule has 0 saturated heterocycles. The van der Waals surface area contributed by atoms with Gasteiger partial charge >= 0.3 is 5.97 Å². The van der Waals surface area contributed by atoms with Crippen LogP contribution in [0.5, 0.6) is 0 Å². The number of carbonyl (C=O) groups excluding carboxylic acids is 2. The van der Waals surface area contributed by atoms with E-state index in [0.29, 0.717) is 12.0 Å². The van der Waals surface area contributed by atoms with Crippen LogP contribution in [0.4, 0.5) is 0 Å². The van der Waals surface area contributed by atoms with E-state index >= 15 is 0 Å². The summed E-state index contributed by atoms with van der Waals surface area (Å²) in [7, 11) is 1.34. The highest BCUT2D eigenvalue weighted by Gasteiger charge is 2.36. The number of aromatic nitrogens is 3. The van der Waals surface area contributed by atoms with E-state index in [1.807, 2.05) is 13.8 Å². The Morgan fingerprint density at radius 3 is 2.60 bits per heavy atom. The second-order valence-corrected chi connectivity index (χ2v) is 7.90.